The maximum atomic E-state index is 13.0. The number of carbonyl (C=O) groups is 2. The maximum Gasteiger partial charge on any atom is 0.319 e. The molecule has 4 heteroatoms. The molecule has 0 saturated carbocycles. The van der Waals surface area contributed by atoms with Gasteiger partial charge in [-0.3, -0.25) is 9.59 Å². The third kappa shape index (κ3) is 4.62. The van der Waals surface area contributed by atoms with Gasteiger partial charge in [0, 0.05) is 5.56 Å². The van der Waals surface area contributed by atoms with Gasteiger partial charge >= 0.3 is 5.97 Å². The number of carboxylic acid groups (broad SMARTS) is 1. The fourth-order valence-corrected chi connectivity index (χ4v) is 3.41. The third-order valence-electron chi connectivity index (χ3n) is 4.20. The topological polar surface area (TPSA) is 54.4 Å². The second-order valence-electron chi connectivity index (χ2n) is 7.74. The molecule has 1 N–H and O–H groups in total. The molecule has 1 aromatic rings. The van der Waals surface area contributed by atoms with E-state index in [1.807, 2.05) is 0 Å². The van der Waals surface area contributed by atoms with Crippen LogP contribution in [0, 0.1) is 0 Å². The number of benzene rings is 1. The summed E-state index contributed by atoms with van der Waals surface area (Å²) in [5, 5.41) is 9.19. The molecule has 0 amide bonds. The van der Waals surface area contributed by atoms with E-state index in [2.05, 4.69) is 53.7 Å². The van der Waals surface area contributed by atoms with E-state index in [1.54, 1.807) is 13.8 Å². The predicted octanol–water partition coefficient (Wildman–Crippen LogP) is 5.79. The fourth-order valence-electron chi connectivity index (χ4n) is 2.52. The van der Waals surface area contributed by atoms with Gasteiger partial charge in [-0.25, -0.2) is 0 Å². The zero-order valence-electron chi connectivity index (χ0n) is 16.1. The van der Waals surface area contributed by atoms with Crippen molar-refractivity contribution < 1.29 is 14.7 Å². The first-order valence-electron chi connectivity index (χ1n) is 8.52. The zero-order chi connectivity index (χ0) is 18.8. The number of carboxylic acids is 1. The van der Waals surface area contributed by atoms with Crippen LogP contribution in [0.15, 0.2) is 12.1 Å². The number of rotatable bonds is 6. The average Bonchev–Trinajstić information content (AvgIpc) is 2.44. The lowest BCUT2D eigenvalue weighted by Crippen LogP contribution is -2.29. The van der Waals surface area contributed by atoms with E-state index in [0.29, 0.717) is 11.5 Å². The lowest BCUT2D eigenvalue weighted by molar-refractivity contribution is -0.138. The van der Waals surface area contributed by atoms with Crippen molar-refractivity contribution in [1.29, 1.82) is 0 Å². The second-order valence-corrected chi connectivity index (χ2v) is 9.34. The third-order valence-corrected chi connectivity index (χ3v) is 5.27. The molecule has 24 heavy (non-hydrogen) atoms. The molecule has 0 fully saturated rings. The van der Waals surface area contributed by atoms with Gasteiger partial charge in [0.15, 0.2) is 0 Å². The highest BCUT2D eigenvalue weighted by Gasteiger charge is 2.33. The summed E-state index contributed by atoms with van der Waals surface area (Å²) in [6, 6.07) is 4.23. The van der Waals surface area contributed by atoms with Crippen molar-refractivity contribution in [2.24, 2.45) is 0 Å². The molecule has 1 aromatic carbocycles. The predicted molar refractivity (Wildman–Crippen MR) is 102 cm³/mol. The van der Waals surface area contributed by atoms with Crippen molar-refractivity contribution in [3.8, 4) is 0 Å². The first-order valence-corrected chi connectivity index (χ1v) is 9.34. The van der Waals surface area contributed by atoms with Gasteiger partial charge < -0.3 is 5.11 Å². The van der Waals surface area contributed by atoms with Crippen LogP contribution >= 0.6 is 11.8 Å². The van der Waals surface area contributed by atoms with Crippen molar-refractivity contribution >= 4 is 22.8 Å². The summed E-state index contributed by atoms with van der Waals surface area (Å²) in [5.74, 6) is -0.188. The van der Waals surface area contributed by atoms with E-state index in [1.165, 1.54) is 5.56 Å². The van der Waals surface area contributed by atoms with Gasteiger partial charge in [-0.2, -0.15) is 0 Å². The summed E-state index contributed by atoms with van der Waals surface area (Å²) in [6.45, 7) is 15.7. The van der Waals surface area contributed by atoms with Gasteiger partial charge in [-0.15, -0.1) is 0 Å². The van der Waals surface area contributed by atoms with Gasteiger partial charge in [0.2, 0.25) is 5.12 Å². The molecule has 0 spiro atoms. The molecule has 1 rings (SSSR count). The molecule has 0 atom stereocenters. The van der Waals surface area contributed by atoms with Crippen LogP contribution in [-0.2, 0) is 4.79 Å². The number of hydrogen-bond donors (Lipinski definition) is 1. The Hall–Kier alpha value is -1.29. The lowest BCUT2D eigenvalue weighted by atomic mass is 9.85. The zero-order valence-corrected chi connectivity index (χ0v) is 16.9. The van der Waals surface area contributed by atoms with Crippen molar-refractivity contribution in [2.45, 2.75) is 77.9 Å². The minimum absolute atomic E-state index is 0.148. The van der Waals surface area contributed by atoms with Crippen LogP contribution in [0.1, 0.15) is 100 Å². The fraction of sp³-hybridized carbons (Fsp3) is 0.600. The quantitative estimate of drug-likeness (QED) is 0.705. The molecule has 0 aromatic heterocycles. The molecule has 0 aliphatic carbocycles. The minimum atomic E-state index is -1.14. The SMILES string of the molecule is CC(C)c1cc(C(C)C)c(C(=O)SC(C)(C)C(=O)O)c(C(C)C)c1. The molecule has 0 unspecified atom stereocenters. The minimum Gasteiger partial charge on any atom is -0.480 e. The van der Waals surface area contributed by atoms with Crippen LogP contribution in [0.3, 0.4) is 0 Å². The van der Waals surface area contributed by atoms with Crippen LogP contribution in [0.25, 0.3) is 0 Å². The Kier molecular flexibility index (Phi) is 6.68. The number of thioether (sulfide) groups is 1. The lowest BCUT2D eigenvalue weighted by Gasteiger charge is -2.24. The number of carbonyl (C=O) groups excluding carboxylic acids is 1. The van der Waals surface area contributed by atoms with Crippen molar-refractivity contribution in [1.82, 2.24) is 0 Å². The molecule has 0 aliphatic heterocycles. The van der Waals surface area contributed by atoms with E-state index in [0.717, 1.165) is 22.9 Å². The summed E-state index contributed by atoms with van der Waals surface area (Å²) < 4.78 is -1.14. The van der Waals surface area contributed by atoms with Crippen molar-refractivity contribution in [3.05, 3.63) is 34.4 Å². The molecule has 0 heterocycles. The summed E-state index contributed by atoms with van der Waals surface area (Å²) in [5.41, 5.74) is 3.96. The van der Waals surface area contributed by atoms with Gasteiger partial charge in [0.05, 0.1) is 0 Å². The Morgan fingerprint density at radius 1 is 0.917 bits per heavy atom. The standard InChI is InChI=1S/C20H30O3S/c1-11(2)14-9-15(12(3)4)17(16(10-14)13(5)6)18(21)24-20(7,8)19(22)23/h9-13H,1-8H3,(H,22,23). The van der Waals surface area contributed by atoms with E-state index >= 15 is 0 Å². The Labute approximate surface area is 150 Å². The number of hydrogen-bond acceptors (Lipinski definition) is 3. The second kappa shape index (κ2) is 7.73. The Morgan fingerprint density at radius 3 is 1.62 bits per heavy atom. The highest BCUT2D eigenvalue weighted by atomic mass is 32.2. The monoisotopic (exact) mass is 350 g/mol. The van der Waals surface area contributed by atoms with Crippen LogP contribution < -0.4 is 0 Å². The van der Waals surface area contributed by atoms with Crippen molar-refractivity contribution in [3.63, 3.8) is 0 Å². The summed E-state index contributed by atoms with van der Waals surface area (Å²) >= 11 is 0.902. The molecule has 134 valence electrons. The van der Waals surface area contributed by atoms with E-state index < -0.39 is 10.7 Å². The maximum absolute atomic E-state index is 13.0. The van der Waals surface area contributed by atoms with Crippen molar-refractivity contribution in [2.75, 3.05) is 0 Å². The summed E-state index contributed by atoms with van der Waals surface area (Å²) in [7, 11) is 0. The highest BCUT2D eigenvalue weighted by molar-refractivity contribution is 8.15. The Morgan fingerprint density at radius 2 is 1.33 bits per heavy atom. The van der Waals surface area contributed by atoms with Gasteiger partial charge in [-0.1, -0.05) is 65.4 Å². The van der Waals surface area contributed by atoms with Crippen LogP contribution in [0.4, 0.5) is 0 Å². The van der Waals surface area contributed by atoms with Crippen LogP contribution in [0.5, 0.6) is 0 Å². The van der Waals surface area contributed by atoms with E-state index in [-0.39, 0.29) is 17.0 Å². The molecular weight excluding hydrogens is 320 g/mol. The molecule has 3 nitrogen and oxygen atoms in total. The van der Waals surface area contributed by atoms with Gasteiger partial charge in [-0.05, 0) is 48.3 Å². The first kappa shape index (κ1) is 20.8. The highest BCUT2D eigenvalue weighted by Crippen LogP contribution is 2.37. The summed E-state index contributed by atoms with van der Waals surface area (Å²) in [4.78, 5) is 24.4. The normalized spacial score (nSPS) is 12.3. The molecule has 0 bridgehead atoms. The first-order chi connectivity index (χ1) is 10.9. The summed E-state index contributed by atoms with van der Waals surface area (Å²) in [6.07, 6.45) is 0. The largest absolute Gasteiger partial charge is 0.480 e. The molecule has 0 saturated heterocycles. The van der Waals surface area contributed by atoms with E-state index in [9.17, 15) is 14.7 Å². The van der Waals surface area contributed by atoms with Gasteiger partial charge in [0.1, 0.15) is 4.75 Å². The average molecular weight is 351 g/mol. The van der Waals surface area contributed by atoms with Gasteiger partial charge in [0.25, 0.3) is 0 Å². The Bertz CT molecular complexity index is 599. The van der Waals surface area contributed by atoms with E-state index in [4.69, 9.17) is 0 Å². The van der Waals surface area contributed by atoms with Crippen LogP contribution in [-0.4, -0.2) is 20.9 Å². The molecular formula is C20H30O3S. The molecule has 0 radical (unpaired) electrons. The number of aliphatic carboxylic acids is 1. The molecule has 0 aliphatic rings. The Balaban J connectivity index is 3.54. The smallest absolute Gasteiger partial charge is 0.319 e. The van der Waals surface area contributed by atoms with Crippen LogP contribution in [0.2, 0.25) is 0 Å².